The van der Waals surface area contributed by atoms with Gasteiger partial charge in [-0.25, -0.2) is 0 Å². The largest absolute Gasteiger partial charge is 0.396 e. The molecular formula is C18H22O3. The summed E-state index contributed by atoms with van der Waals surface area (Å²) < 4.78 is 0. The van der Waals surface area contributed by atoms with Gasteiger partial charge in [0.05, 0.1) is 19.8 Å². The van der Waals surface area contributed by atoms with Gasteiger partial charge in [-0.1, -0.05) is 54.6 Å². The molecule has 0 radical (unpaired) electrons. The van der Waals surface area contributed by atoms with Crippen molar-refractivity contribution >= 4 is 10.8 Å². The highest BCUT2D eigenvalue weighted by molar-refractivity contribution is 5.83. The van der Waals surface area contributed by atoms with E-state index in [0.29, 0.717) is 12.8 Å². The maximum Gasteiger partial charge on any atom is 0.0612 e. The summed E-state index contributed by atoms with van der Waals surface area (Å²) in [4.78, 5) is 0. The Morgan fingerprint density at radius 3 is 2.24 bits per heavy atom. The topological polar surface area (TPSA) is 60.7 Å². The Morgan fingerprint density at radius 2 is 1.57 bits per heavy atom. The van der Waals surface area contributed by atoms with Crippen molar-refractivity contribution in [2.24, 2.45) is 5.41 Å². The lowest BCUT2D eigenvalue weighted by molar-refractivity contribution is 0.0569. The number of rotatable bonds is 7. The Morgan fingerprint density at radius 1 is 0.857 bits per heavy atom. The lowest BCUT2D eigenvalue weighted by atomic mass is 9.79. The van der Waals surface area contributed by atoms with Crippen LogP contribution in [0.5, 0.6) is 0 Å². The SMILES string of the molecule is OC/C=C/CC(CO)(CO)Cc1ccc2ccccc2c1. The van der Waals surface area contributed by atoms with Gasteiger partial charge in [0.2, 0.25) is 0 Å². The first-order valence-electron chi connectivity index (χ1n) is 7.18. The normalized spacial score (nSPS) is 12.3. The summed E-state index contributed by atoms with van der Waals surface area (Å²) in [6.07, 6.45) is 4.59. The molecule has 3 heteroatoms. The van der Waals surface area contributed by atoms with Crippen LogP contribution in [0.1, 0.15) is 12.0 Å². The van der Waals surface area contributed by atoms with Gasteiger partial charge < -0.3 is 15.3 Å². The highest BCUT2D eigenvalue weighted by atomic mass is 16.3. The Labute approximate surface area is 125 Å². The molecule has 0 aliphatic carbocycles. The molecule has 2 rings (SSSR count). The molecule has 0 atom stereocenters. The average Bonchev–Trinajstić information content (AvgIpc) is 2.54. The Balaban J connectivity index is 2.23. The maximum absolute atomic E-state index is 9.69. The zero-order valence-electron chi connectivity index (χ0n) is 12.1. The van der Waals surface area contributed by atoms with Gasteiger partial charge in [0, 0.05) is 5.41 Å². The van der Waals surface area contributed by atoms with Gasteiger partial charge in [0.1, 0.15) is 0 Å². The summed E-state index contributed by atoms with van der Waals surface area (Å²) in [5.74, 6) is 0. The second-order valence-electron chi connectivity index (χ2n) is 5.53. The van der Waals surface area contributed by atoms with Crippen molar-refractivity contribution in [3.8, 4) is 0 Å². The molecule has 112 valence electrons. The first-order chi connectivity index (χ1) is 10.2. The fourth-order valence-electron chi connectivity index (χ4n) is 2.55. The maximum atomic E-state index is 9.69. The standard InChI is InChI=1S/C18H22O3/c19-10-4-3-9-18(13-20,14-21)12-15-7-8-16-5-1-2-6-17(16)11-15/h1-8,11,19-21H,9-10,12-14H2/b4-3+. The monoisotopic (exact) mass is 286 g/mol. The number of allylic oxidation sites excluding steroid dienone is 1. The number of hydrogen-bond acceptors (Lipinski definition) is 3. The summed E-state index contributed by atoms with van der Waals surface area (Å²) in [6.45, 7) is -0.207. The van der Waals surface area contributed by atoms with E-state index in [0.717, 1.165) is 10.9 Å². The smallest absolute Gasteiger partial charge is 0.0612 e. The lowest BCUT2D eigenvalue weighted by Crippen LogP contribution is -2.32. The molecule has 0 heterocycles. The lowest BCUT2D eigenvalue weighted by Gasteiger charge is -2.29. The van der Waals surface area contributed by atoms with Crippen LogP contribution in [-0.2, 0) is 6.42 Å². The molecule has 0 bridgehead atoms. The van der Waals surface area contributed by atoms with Gasteiger partial charge in [0.15, 0.2) is 0 Å². The van der Waals surface area contributed by atoms with Crippen LogP contribution in [0.2, 0.25) is 0 Å². The van der Waals surface area contributed by atoms with E-state index in [1.54, 1.807) is 6.08 Å². The molecule has 3 N–H and O–H groups in total. The number of benzene rings is 2. The van der Waals surface area contributed by atoms with Crippen LogP contribution >= 0.6 is 0 Å². The predicted octanol–water partition coefficient (Wildman–Crippen LogP) is 2.29. The minimum absolute atomic E-state index is 0.0249. The van der Waals surface area contributed by atoms with Crippen molar-refractivity contribution in [2.75, 3.05) is 19.8 Å². The average molecular weight is 286 g/mol. The van der Waals surface area contributed by atoms with Gasteiger partial charge in [0.25, 0.3) is 0 Å². The molecule has 0 saturated carbocycles. The molecule has 0 spiro atoms. The second-order valence-corrected chi connectivity index (χ2v) is 5.53. The van der Waals surface area contributed by atoms with E-state index in [-0.39, 0.29) is 19.8 Å². The van der Waals surface area contributed by atoms with Crippen LogP contribution in [0.15, 0.2) is 54.6 Å². The van der Waals surface area contributed by atoms with E-state index in [9.17, 15) is 10.2 Å². The van der Waals surface area contributed by atoms with E-state index in [4.69, 9.17) is 5.11 Å². The quantitative estimate of drug-likeness (QED) is 0.684. The van der Waals surface area contributed by atoms with Crippen molar-refractivity contribution in [2.45, 2.75) is 12.8 Å². The third-order valence-electron chi connectivity index (χ3n) is 3.89. The molecule has 0 unspecified atom stereocenters. The van der Waals surface area contributed by atoms with Crippen LogP contribution in [0.25, 0.3) is 10.8 Å². The van der Waals surface area contributed by atoms with Crippen LogP contribution in [0, 0.1) is 5.41 Å². The van der Waals surface area contributed by atoms with Gasteiger partial charge in [-0.3, -0.25) is 0 Å². The van der Waals surface area contributed by atoms with E-state index < -0.39 is 5.41 Å². The second kappa shape index (κ2) is 7.36. The number of aliphatic hydroxyl groups is 3. The molecule has 0 amide bonds. The molecule has 21 heavy (non-hydrogen) atoms. The van der Waals surface area contributed by atoms with Crippen LogP contribution < -0.4 is 0 Å². The number of fused-ring (bicyclic) bond motifs is 1. The summed E-state index contributed by atoms with van der Waals surface area (Å²) in [7, 11) is 0. The van der Waals surface area contributed by atoms with Crippen molar-refractivity contribution in [3.05, 3.63) is 60.2 Å². The zero-order chi connectivity index (χ0) is 15.1. The summed E-state index contributed by atoms with van der Waals surface area (Å²) >= 11 is 0. The summed E-state index contributed by atoms with van der Waals surface area (Å²) in [5.41, 5.74) is 0.503. The first-order valence-corrected chi connectivity index (χ1v) is 7.18. The third-order valence-corrected chi connectivity index (χ3v) is 3.89. The minimum Gasteiger partial charge on any atom is -0.396 e. The summed E-state index contributed by atoms with van der Waals surface area (Å²) in [6, 6.07) is 14.3. The van der Waals surface area contributed by atoms with Crippen LogP contribution in [0.4, 0.5) is 0 Å². The Hall–Kier alpha value is -1.68. The number of hydrogen-bond donors (Lipinski definition) is 3. The minimum atomic E-state index is -0.589. The van der Waals surface area contributed by atoms with Crippen molar-refractivity contribution in [3.63, 3.8) is 0 Å². The van der Waals surface area contributed by atoms with Gasteiger partial charge in [-0.05, 0) is 29.2 Å². The first kappa shape index (κ1) is 15.7. The number of aliphatic hydroxyl groups excluding tert-OH is 3. The molecule has 2 aromatic rings. The van der Waals surface area contributed by atoms with E-state index >= 15 is 0 Å². The predicted molar refractivity (Wildman–Crippen MR) is 85.1 cm³/mol. The molecule has 0 aromatic heterocycles. The van der Waals surface area contributed by atoms with Crippen LogP contribution in [-0.4, -0.2) is 35.1 Å². The van der Waals surface area contributed by atoms with Crippen molar-refractivity contribution in [1.82, 2.24) is 0 Å². The highest BCUT2D eigenvalue weighted by Crippen LogP contribution is 2.28. The van der Waals surface area contributed by atoms with Crippen LogP contribution in [0.3, 0.4) is 0 Å². The van der Waals surface area contributed by atoms with Gasteiger partial charge in [-0.2, -0.15) is 0 Å². The van der Waals surface area contributed by atoms with E-state index in [2.05, 4.69) is 24.3 Å². The Bertz CT molecular complexity index is 600. The molecule has 3 nitrogen and oxygen atoms in total. The molecule has 0 aliphatic rings. The van der Waals surface area contributed by atoms with E-state index in [1.165, 1.54) is 5.39 Å². The molecule has 2 aromatic carbocycles. The molecule has 0 fully saturated rings. The van der Waals surface area contributed by atoms with Crippen molar-refractivity contribution < 1.29 is 15.3 Å². The van der Waals surface area contributed by atoms with Crippen molar-refractivity contribution in [1.29, 1.82) is 0 Å². The van der Waals surface area contributed by atoms with Gasteiger partial charge in [-0.15, -0.1) is 0 Å². The highest BCUT2D eigenvalue weighted by Gasteiger charge is 2.27. The van der Waals surface area contributed by atoms with E-state index in [1.807, 2.05) is 24.3 Å². The summed E-state index contributed by atoms with van der Waals surface area (Å²) in [5, 5.41) is 30.5. The molecule has 0 saturated heterocycles. The Kier molecular flexibility index (Phi) is 5.51. The fourth-order valence-corrected chi connectivity index (χ4v) is 2.55. The molecular weight excluding hydrogens is 264 g/mol. The van der Waals surface area contributed by atoms with Gasteiger partial charge >= 0.3 is 0 Å². The fraction of sp³-hybridized carbons (Fsp3) is 0.333. The third kappa shape index (κ3) is 3.91. The molecule has 0 aliphatic heterocycles. The zero-order valence-corrected chi connectivity index (χ0v) is 12.1.